The molecule has 4 heteroatoms. The summed E-state index contributed by atoms with van der Waals surface area (Å²) < 4.78 is 0. The van der Waals surface area contributed by atoms with Crippen LogP contribution in [0.3, 0.4) is 0 Å². The third kappa shape index (κ3) is 2.84. The number of nitrogens with zero attached hydrogens (tertiary/aromatic N) is 3. The molecule has 1 aromatic carbocycles. The molecule has 1 heterocycles. The van der Waals surface area contributed by atoms with Gasteiger partial charge in [0, 0.05) is 24.7 Å². The van der Waals surface area contributed by atoms with E-state index in [4.69, 9.17) is 0 Å². The van der Waals surface area contributed by atoms with Crippen molar-refractivity contribution in [1.29, 1.82) is 0 Å². The van der Waals surface area contributed by atoms with Crippen molar-refractivity contribution >= 4 is 22.4 Å². The molecule has 0 spiro atoms. The normalized spacial score (nSPS) is 10.4. The number of nitrogens with one attached hydrogen (secondary N) is 1. The fourth-order valence-electron chi connectivity index (χ4n) is 2.08. The van der Waals surface area contributed by atoms with Crippen molar-refractivity contribution < 1.29 is 0 Å². The van der Waals surface area contributed by atoms with Gasteiger partial charge < -0.3 is 10.2 Å². The van der Waals surface area contributed by atoms with Gasteiger partial charge in [-0.1, -0.05) is 19.9 Å². The van der Waals surface area contributed by atoms with E-state index < -0.39 is 0 Å². The van der Waals surface area contributed by atoms with Crippen LogP contribution in [-0.2, 0) is 0 Å². The summed E-state index contributed by atoms with van der Waals surface area (Å²) in [6, 6.07) is 6.21. The van der Waals surface area contributed by atoms with Gasteiger partial charge in [-0.25, -0.2) is 9.97 Å². The van der Waals surface area contributed by atoms with E-state index in [0.29, 0.717) is 0 Å². The van der Waals surface area contributed by atoms with Gasteiger partial charge >= 0.3 is 0 Å². The SMILES string of the molecule is C=CN(CCCC)c1ccc2ncnc(NC)c2c1. The zero-order valence-electron chi connectivity index (χ0n) is 11.6. The summed E-state index contributed by atoms with van der Waals surface area (Å²) in [5.41, 5.74) is 2.07. The number of hydrogen-bond donors (Lipinski definition) is 1. The first kappa shape index (κ1) is 13.3. The Morgan fingerprint density at radius 2 is 2.21 bits per heavy atom. The van der Waals surface area contributed by atoms with E-state index in [1.165, 1.54) is 6.42 Å². The van der Waals surface area contributed by atoms with Crippen molar-refractivity contribution in [1.82, 2.24) is 9.97 Å². The third-order valence-corrected chi connectivity index (χ3v) is 3.16. The van der Waals surface area contributed by atoms with Gasteiger partial charge in [0.1, 0.15) is 12.1 Å². The van der Waals surface area contributed by atoms with Crippen LogP contribution in [0, 0.1) is 0 Å². The summed E-state index contributed by atoms with van der Waals surface area (Å²) in [7, 11) is 1.87. The zero-order valence-corrected chi connectivity index (χ0v) is 11.6. The van der Waals surface area contributed by atoms with Crippen LogP contribution in [0.4, 0.5) is 11.5 Å². The van der Waals surface area contributed by atoms with Crippen LogP contribution in [0.5, 0.6) is 0 Å². The van der Waals surface area contributed by atoms with Gasteiger partial charge in [-0.3, -0.25) is 0 Å². The first-order chi connectivity index (χ1) is 9.30. The number of rotatable bonds is 6. The smallest absolute Gasteiger partial charge is 0.137 e. The molecule has 2 rings (SSSR count). The van der Waals surface area contributed by atoms with E-state index in [1.807, 2.05) is 19.3 Å². The number of benzene rings is 1. The number of fused-ring (bicyclic) bond motifs is 1. The van der Waals surface area contributed by atoms with Crippen LogP contribution in [-0.4, -0.2) is 23.6 Å². The second kappa shape index (κ2) is 6.18. The van der Waals surface area contributed by atoms with Crippen molar-refractivity contribution in [3.63, 3.8) is 0 Å². The zero-order chi connectivity index (χ0) is 13.7. The Kier molecular flexibility index (Phi) is 4.34. The lowest BCUT2D eigenvalue weighted by molar-refractivity contribution is 0.783. The van der Waals surface area contributed by atoms with Crippen LogP contribution >= 0.6 is 0 Å². The number of unbranched alkanes of at least 4 members (excludes halogenated alkanes) is 1. The standard InChI is InChI=1S/C15H20N4/c1-4-6-9-19(5-2)12-7-8-14-13(10-12)15(16-3)18-11-17-14/h5,7-8,10-11H,2,4,6,9H2,1,3H3,(H,16,17,18). The summed E-state index contributed by atoms with van der Waals surface area (Å²) >= 11 is 0. The molecule has 0 aliphatic heterocycles. The predicted molar refractivity (Wildman–Crippen MR) is 81.5 cm³/mol. The van der Waals surface area contributed by atoms with Crippen molar-refractivity contribution in [2.45, 2.75) is 19.8 Å². The molecule has 0 unspecified atom stereocenters. The average Bonchev–Trinajstić information content (AvgIpc) is 2.47. The van der Waals surface area contributed by atoms with Gasteiger partial charge in [-0.15, -0.1) is 0 Å². The Hall–Kier alpha value is -2.10. The van der Waals surface area contributed by atoms with Gasteiger partial charge in [-0.2, -0.15) is 0 Å². The second-order valence-electron chi connectivity index (χ2n) is 4.40. The Morgan fingerprint density at radius 3 is 2.89 bits per heavy atom. The lowest BCUT2D eigenvalue weighted by Crippen LogP contribution is -2.16. The molecule has 0 aliphatic carbocycles. The number of aromatic nitrogens is 2. The summed E-state index contributed by atoms with van der Waals surface area (Å²) in [6.07, 6.45) is 5.77. The predicted octanol–water partition coefficient (Wildman–Crippen LogP) is 3.42. The highest BCUT2D eigenvalue weighted by atomic mass is 15.1. The highest BCUT2D eigenvalue weighted by Crippen LogP contribution is 2.25. The molecular weight excluding hydrogens is 236 g/mol. The van der Waals surface area contributed by atoms with Crippen LogP contribution < -0.4 is 10.2 Å². The van der Waals surface area contributed by atoms with Gasteiger partial charge in [0.15, 0.2) is 0 Å². The fourth-order valence-corrected chi connectivity index (χ4v) is 2.08. The van der Waals surface area contributed by atoms with Crippen molar-refractivity contribution in [2.75, 3.05) is 23.8 Å². The average molecular weight is 256 g/mol. The van der Waals surface area contributed by atoms with E-state index in [2.05, 4.69) is 45.8 Å². The first-order valence-electron chi connectivity index (χ1n) is 6.62. The summed E-state index contributed by atoms with van der Waals surface area (Å²) in [5, 5.41) is 4.14. The second-order valence-corrected chi connectivity index (χ2v) is 4.40. The molecule has 0 bridgehead atoms. The molecule has 0 atom stereocenters. The Bertz CT molecular complexity index is 565. The van der Waals surface area contributed by atoms with E-state index in [-0.39, 0.29) is 0 Å². The molecule has 0 saturated heterocycles. The molecule has 0 amide bonds. The maximum atomic E-state index is 4.28. The first-order valence-corrected chi connectivity index (χ1v) is 6.62. The van der Waals surface area contributed by atoms with E-state index >= 15 is 0 Å². The van der Waals surface area contributed by atoms with Crippen LogP contribution in [0.1, 0.15) is 19.8 Å². The minimum atomic E-state index is 0.853. The van der Waals surface area contributed by atoms with E-state index in [0.717, 1.165) is 35.4 Å². The molecule has 4 nitrogen and oxygen atoms in total. The molecule has 19 heavy (non-hydrogen) atoms. The van der Waals surface area contributed by atoms with E-state index in [1.54, 1.807) is 6.33 Å². The number of anilines is 2. The number of hydrogen-bond acceptors (Lipinski definition) is 4. The molecule has 2 aromatic rings. The maximum absolute atomic E-state index is 4.28. The largest absolute Gasteiger partial charge is 0.373 e. The summed E-state index contributed by atoms with van der Waals surface area (Å²) in [4.78, 5) is 10.7. The Balaban J connectivity index is 2.41. The minimum Gasteiger partial charge on any atom is -0.373 e. The van der Waals surface area contributed by atoms with Gasteiger partial charge in [0.05, 0.1) is 5.52 Å². The monoisotopic (exact) mass is 256 g/mol. The highest BCUT2D eigenvalue weighted by Gasteiger charge is 2.07. The highest BCUT2D eigenvalue weighted by molar-refractivity contribution is 5.91. The van der Waals surface area contributed by atoms with Gasteiger partial charge in [0.25, 0.3) is 0 Å². The lowest BCUT2D eigenvalue weighted by Gasteiger charge is -2.20. The third-order valence-electron chi connectivity index (χ3n) is 3.16. The van der Waals surface area contributed by atoms with Crippen LogP contribution in [0.25, 0.3) is 10.9 Å². The van der Waals surface area contributed by atoms with Crippen molar-refractivity contribution in [2.24, 2.45) is 0 Å². The van der Waals surface area contributed by atoms with Crippen molar-refractivity contribution in [3.05, 3.63) is 37.3 Å². The molecule has 1 aromatic heterocycles. The molecule has 0 fully saturated rings. The van der Waals surface area contributed by atoms with E-state index in [9.17, 15) is 0 Å². The van der Waals surface area contributed by atoms with Gasteiger partial charge in [0.2, 0.25) is 0 Å². The van der Waals surface area contributed by atoms with Gasteiger partial charge in [-0.05, 0) is 30.8 Å². The molecule has 0 saturated carbocycles. The molecule has 0 radical (unpaired) electrons. The quantitative estimate of drug-likeness (QED) is 0.859. The Morgan fingerprint density at radius 1 is 1.37 bits per heavy atom. The maximum Gasteiger partial charge on any atom is 0.137 e. The summed E-state index contributed by atoms with van der Waals surface area (Å²) in [5.74, 6) is 0.853. The summed E-state index contributed by atoms with van der Waals surface area (Å²) in [6.45, 7) is 7.06. The molecule has 1 N–H and O–H groups in total. The van der Waals surface area contributed by atoms with Crippen LogP contribution in [0.15, 0.2) is 37.3 Å². The minimum absolute atomic E-state index is 0.853. The lowest BCUT2D eigenvalue weighted by atomic mass is 10.2. The van der Waals surface area contributed by atoms with Crippen molar-refractivity contribution in [3.8, 4) is 0 Å². The molecule has 100 valence electrons. The Labute approximate surface area is 114 Å². The van der Waals surface area contributed by atoms with Crippen LogP contribution in [0.2, 0.25) is 0 Å². The topological polar surface area (TPSA) is 41.1 Å². The molecular formula is C15H20N4. The molecule has 0 aliphatic rings. The fraction of sp³-hybridized carbons (Fsp3) is 0.333.